The molecule has 0 radical (unpaired) electrons. The second-order valence-electron chi connectivity index (χ2n) is 4.55. The Morgan fingerprint density at radius 1 is 1.28 bits per heavy atom. The van der Waals surface area contributed by atoms with Gasteiger partial charge in [-0.3, -0.25) is 0 Å². The smallest absolute Gasteiger partial charge is 0.0701 e. The molecule has 96 valence electrons. The maximum absolute atomic E-state index is 9.32. The Balaban J connectivity index is 2.21. The van der Waals surface area contributed by atoms with E-state index in [-0.39, 0.29) is 12.6 Å². The van der Waals surface area contributed by atoms with E-state index < -0.39 is 0 Å². The molecule has 2 N–H and O–H groups in total. The minimum absolute atomic E-state index is 0.0670. The average molecular weight is 261 g/mol. The molecule has 3 heteroatoms. The van der Waals surface area contributed by atoms with Gasteiger partial charge in [-0.25, -0.2) is 0 Å². The summed E-state index contributed by atoms with van der Waals surface area (Å²) in [5.41, 5.74) is 3.29. The van der Waals surface area contributed by atoms with Crippen LogP contribution in [0.5, 0.6) is 0 Å². The molecule has 1 aromatic heterocycles. The van der Waals surface area contributed by atoms with Crippen LogP contribution in [0.2, 0.25) is 0 Å². The first-order chi connectivity index (χ1) is 8.61. The number of thiophene rings is 1. The number of para-hydroxylation sites is 1. The van der Waals surface area contributed by atoms with Gasteiger partial charge in [0.2, 0.25) is 0 Å². The molecule has 0 aliphatic rings. The van der Waals surface area contributed by atoms with Crippen molar-refractivity contribution in [2.45, 2.75) is 33.4 Å². The molecule has 0 aliphatic carbocycles. The first-order valence-corrected chi connectivity index (χ1v) is 6.95. The monoisotopic (exact) mass is 261 g/mol. The third-order valence-corrected chi connectivity index (χ3v) is 4.09. The zero-order valence-corrected chi connectivity index (χ0v) is 11.8. The van der Waals surface area contributed by atoms with Crippen LogP contribution in [0, 0.1) is 13.8 Å². The highest BCUT2D eigenvalue weighted by molar-refractivity contribution is 7.12. The van der Waals surface area contributed by atoms with Crippen LogP contribution >= 0.6 is 11.3 Å². The van der Waals surface area contributed by atoms with E-state index in [1.807, 2.05) is 35.6 Å². The molecule has 0 aliphatic heterocycles. The summed E-state index contributed by atoms with van der Waals surface area (Å²) >= 11 is 1.83. The molecular weight excluding hydrogens is 242 g/mol. The molecule has 0 amide bonds. The zero-order chi connectivity index (χ0) is 13.1. The van der Waals surface area contributed by atoms with Crippen LogP contribution in [0.15, 0.2) is 30.3 Å². The highest BCUT2D eigenvalue weighted by Gasteiger charge is 2.12. The highest BCUT2D eigenvalue weighted by Crippen LogP contribution is 2.29. The predicted octanol–water partition coefficient (Wildman–Crippen LogP) is 4.03. The number of aryl methyl sites for hydroxylation is 2. The van der Waals surface area contributed by atoms with Gasteiger partial charge in [-0.05, 0) is 38.5 Å². The Kier molecular flexibility index (Phi) is 4.04. The fourth-order valence-corrected chi connectivity index (χ4v) is 3.21. The van der Waals surface area contributed by atoms with Crippen LogP contribution in [0.3, 0.4) is 0 Å². The van der Waals surface area contributed by atoms with E-state index in [4.69, 9.17) is 0 Å². The fourth-order valence-electron chi connectivity index (χ4n) is 2.19. The Morgan fingerprint density at radius 3 is 2.61 bits per heavy atom. The number of anilines is 1. The summed E-state index contributed by atoms with van der Waals surface area (Å²) in [5.74, 6) is 0. The summed E-state index contributed by atoms with van der Waals surface area (Å²) in [5, 5.41) is 12.8. The van der Waals surface area contributed by atoms with Gasteiger partial charge in [-0.2, -0.15) is 0 Å². The molecule has 1 heterocycles. The lowest BCUT2D eigenvalue weighted by molar-refractivity contribution is 0.282. The van der Waals surface area contributed by atoms with Crippen molar-refractivity contribution >= 4 is 17.0 Å². The molecule has 0 saturated carbocycles. The standard InChI is InChI=1S/C15H19NOS/c1-10-8-14(12(3)18-10)11(2)16-15-7-5-4-6-13(15)9-17/h4-8,11,16-17H,9H2,1-3H3. The summed E-state index contributed by atoms with van der Waals surface area (Å²) in [7, 11) is 0. The SMILES string of the molecule is Cc1cc(C(C)Nc2ccccc2CO)c(C)s1. The number of rotatable bonds is 4. The Hall–Kier alpha value is -1.32. The summed E-state index contributed by atoms with van der Waals surface area (Å²) in [6.45, 7) is 6.51. The molecule has 1 atom stereocenters. The normalized spacial score (nSPS) is 12.4. The fraction of sp³-hybridized carbons (Fsp3) is 0.333. The van der Waals surface area contributed by atoms with Crippen molar-refractivity contribution in [1.82, 2.24) is 0 Å². The second kappa shape index (κ2) is 5.55. The minimum Gasteiger partial charge on any atom is -0.392 e. The topological polar surface area (TPSA) is 32.3 Å². The number of benzene rings is 1. The van der Waals surface area contributed by atoms with Crippen LogP contribution in [-0.4, -0.2) is 5.11 Å². The maximum atomic E-state index is 9.32. The molecule has 0 saturated heterocycles. The Bertz CT molecular complexity index is 533. The van der Waals surface area contributed by atoms with Gasteiger partial charge in [-0.1, -0.05) is 18.2 Å². The van der Waals surface area contributed by atoms with Crippen LogP contribution in [-0.2, 0) is 6.61 Å². The van der Waals surface area contributed by atoms with Crippen molar-refractivity contribution in [3.05, 3.63) is 51.2 Å². The maximum Gasteiger partial charge on any atom is 0.0701 e. The van der Waals surface area contributed by atoms with Gasteiger partial charge >= 0.3 is 0 Å². The summed E-state index contributed by atoms with van der Waals surface area (Å²) in [6, 6.07) is 10.4. The van der Waals surface area contributed by atoms with E-state index in [1.54, 1.807) is 0 Å². The number of aliphatic hydroxyl groups is 1. The summed E-state index contributed by atoms with van der Waals surface area (Å²) in [6.07, 6.45) is 0. The first kappa shape index (κ1) is 13.1. The van der Waals surface area contributed by atoms with E-state index in [2.05, 4.69) is 32.2 Å². The van der Waals surface area contributed by atoms with Gasteiger partial charge in [0.1, 0.15) is 0 Å². The number of hydrogen-bond acceptors (Lipinski definition) is 3. The van der Waals surface area contributed by atoms with Gasteiger partial charge < -0.3 is 10.4 Å². The molecule has 2 nitrogen and oxygen atoms in total. The molecule has 2 aromatic rings. The van der Waals surface area contributed by atoms with E-state index in [0.29, 0.717) is 0 Å². The summed E-state index contributed by atoms with van der Waals surface area (Å²) < 4.78 is 0. The van der Waals surface area contributed by atoms with Crippen molar-refractivity contribution < 1.29 is 5.11 Å². The minimum atomic E-state index is 0.0670. The van der Waals surface area contributed by atoms with Crippen LogP contribution in [0.1, 0.15) is 33.8 Å². The largest absolute Gasteiger partial charge is 0.392 e. The van der Waals surface area contributed by atoms with Gasteiger partial charge in [0.25, 0.3) is 0 Å². The molecule has 0 bridgehead atoms. The van der Waals surface area contributed by atoms with Crippen molar-refractivity contribution in [3.8, 4) is 0 Å². The van der Waals surface area contributed by atoms with Crippen molar-refractivity contribution in [2.24, 2.45) is 0 Å². The van der Waals surface area contributed by atoms with Gasteiger partial charge in [0.05, 0.1) is 6.61 Å². The second-order valence-corrected chi connectivity index (χ2v) is 6.01. The van der Waals surface area contributed by atoms with Crippen LogP contribution < -0.4 is 5.32 Å². The van der Waals surface area contributed by atoms with Crippen LogP contribution in [0.25, 0.3) is 0 Å². The van der Waals surface area contributed by atoms with E-state index in [9.17, 15) is 5.11 Å². The third kappa shape index (κ3) is 2.74. The number of hydrogen-bond donors (Lipinski definition) is 2. The van der Waals surface area contributed by atoms with E-state index in [0.717, 1.165) is 11.3 Å². The lowest BCUT2D eigenvalue weighted by atomic mass is 10.1. The van der Waals surface area contributed by atoms with Crippen molar-refractivity contribution in [2.75, 3.05) is 5.32 Å². The highest BCUT2D eigenvalue weighted by atomic mass is 32.1. The molecule has 18 heavy (non-hydrogen) atoms. The summed E-state index contributed by atoms with van der Waals surface area (Å²) in [4.78, 5) is 2.69. The van der Waals surface area contributed by atoms with Gasteiger partial charge in [-0.15, -0.1) is 11.3 Å². The Labute approximate surface area is 112 Å². The molecule has 0 fully saturated rings. The van der Waals surface area contributed by atoms with Crippen molar-refractivity contribution in [3.63, 3.8) is 0 Å². The molecule has 2 rings (SSSR count). The lowest BCUT2D eigenvalue weighted by Crippen LogP contribution is -2.08. The van der Waals surface area contributed by atoms with Crippen molar-refractivity contribution in [1.29, 1.82) is 0 Å². The van der Waals surface area contributed by atoms with E-state index >= 15 is 0 Å². The predicted molar refractivity (Wildman–Crippen MR) is 78.2 cm³/mol. The number of aliphatic hydroxyl groups excluding tert-OH is 1. The lowest BCUT2D eigenvalue weighted by Gasteiger charge is -2.17. The van der Waals surface area contributed by atoms with Gasteiger partial charge in [0.15, 0.2) is 0 Å². The van der Waals surface area contributed by atoms with Gasteiger partial charge in [0, 0.05) is 27.0 Å². The zero-order valence-electron chi connectivity index (χ0n) is 11.0. The first-order valence-electron chi connectivity index (χ1n) is 6.14. The molecule has 1 unspecified atom stereocenters. The van der Waals surface area contributed by atoms with Crippen LogP contribution in [0.4, 0.5) is 5.69 Å². The third-order valence-electron chi connectivity index (χ3n) is 3.11. The molecule has 0 spiro atoms. The molecular formula is C15H19NOS. The number of nitrogens with one attached hydrogen (secondary N) is 1. The quantitative estimate of drug-likeness (QED) is 0.871. The van der Waals surface area contributed by atoms with E-state index in [1.165, 1.54) is 15.3 Å². The molecule has 1 aromatic carbocycles. The average Bonchev–Trinajstić information content (AvgIpc) is 2.69. The Morgan fingerprint density at radius 2 is 2.00 bits per heavy atom.